The number of methoxy groups -OCH3 is 1. The number of hydrogen-bond donors (Lipinski definition) is 1. The highest BCUT2D eigenvalue weighted by Gasteiger charge is 2.61. The van der Waals surface area contributed by atoms with Crippen LogP contribution in [0.15, 0.2) is 28.5 Å². The Balaban J connectivity index is 1.79. The van der Waals surface area contributed by atoms with Gasteiger partial charge in [-0.1, -0.05) is 13.8 Å². The van der Waals surface area contributed by atoms with Gasteiger partial charge in [0.05, 0.1) is 17.8 Å². The second kappa shape index (κ2) is 6.19. The van der Waals surface area contributed by atoms with Crippen LogP contribution in [0, 0.1) is 12.8 Å². The monoisotopic (exact) mass is 412 g/mol. The number of carbonyl (C=O) groups excluding carboxylic acids is 1. The Morgan fingerprint density at radius 3 is 2.43 bits per heavy atom. The van der Waals surface area contributed by atoms with E-state index in [2.05, 4.69) is 6.92 Å². The fraction of sp³-hybridized carbons (Fsp3) is 0.542. The normalized spacial score (nSPS) is 37.0. The van der Waals surface area contributed by atoms with E-state index in [-0.39, 0.29) is 35.6 Å². The Hall–Kier alpha value is -2.15. The maximum atomic E-state index is 13.9. The molecule has 1 aromatic carbocycles. The largest absolute Gasteiger partial charge is 0.508 e. The molecule has 1 aliphatic carbocycles. The van der Waals surface area contributed by atoms with Crippen LogP contribution in [0.25, 0.3) is 0 Å². The van der Waals surface area contributed by atoms with Crippen LogP contribution >= 0.6 is 0 Å². The fourth-order valence-electron chi connectivity index (χ4n) is 5.63. The minimum Gasteiger partial charge on any atom is -0.508 e. The molecule has 6 heteroatoms. The third-order valence-corrected chi connectivity index (χ3v) is 7.54. The van der Waals surface area contributed by atoms with Crippen molar-refractivity contribution >= 4 is 5.78 Å². The molecule has 4 aliphatic rings. The molecule has 1 fully saturated rings. The van der Waals surface area contributed by atoms with Gasteiger partial charge >= 0.3 is 0 Å². The number of benzene rings is 1. The highest BCUT2D eigenvalue weighted by molar-refractivity contribution is 6.07. The molecule has 6 atom stereocenters. The minimum atomic E-state index is -1.44. The second-order valence-electron chi connectivity index (χ2n) is 9.00. The Morgan fingerprint density at radius 1 is 1.07 bits per heavy atom. The number of ketones is 1. The van der Waals surface area contributed by atoms with Gasteiger partial charge in [-0.2, -0.15) is 0 Å². The molecule has 1 aromatic rings. The Labute approximate surface area is 176 Å². The lowest BCUT2D eigenvalue weighted by molar-refractivity contribution is -0.196. The average molecular weight is 412 g/mol. The smallest absolute Gasteiger partial charge is 0.258 e. The molecule has 0 bridgehead atoms. The maximum Gasteiger partial charge on any atom is 0.258 e. The van der Waals surface area contributed by atoms with Crippen molar-refractivity contribution in [2.45, 2.75) is 71.6 Å². The van der Waals surface area contributed by atoms with Crippen molar-refractivity contribution in [3.8, 4) is 11.5 Å². The minimum absolute atomic E-state index is 0.00106. The molecule has 1 N–H and O–H groups in total. The number of fused-ring (bicyclic) bond motifs is 2. The van der Waals surface area contributed by atoms with Gasteiger partial charge in [0.2, 0.25) is 5.78 Å². The lowest BCUT2D eigenvalue weighted by atomic mass is 9.73. The Morgan fingerprint density at radius 2 is 1.77 bits per heavy atom. The van der Waals surface area contributed by atoms with Crippen LogP contribution in [0.2, 0.25) is 0 Å². The maximum absolute atomic E-state index is 13.9. The first kappa shape index (κ1) is 19.8. The number of allylic oxidation sites excluding steroid dienone is 1. The van der Waals surface area contributed by atoms with Gasteiger partial charge in [0.15, 0.2) is 0 Å². The first-order valence-electron chi connectivity index (χ1n) is 10.6. The van der Waals surface area contributed by atoms with Crippen LogP contribution in [-0.4, -0.2) is 36.0 Å². The molecule has 0 amide bonds. The number of ether oxygens (including phenoxy) is 4. The van der Waals surface area contributed by atoms with Crippen LogP contribution in [0.3, 0.4) is 0 Å². The number of phenolic OH excluding ortho intramolecular Hbond substituents is 1. The standard InChI is InChI=1S/C24H28O6/c1-9-13(5)28-22-18-16(8-15(25)11(3)17(9)18)29-21-12(4)20-10(2)14(6)30-24(20,27-7)23(26)19(21)22/h8-10,13-14,22,25H,1-7H3/t9-,10-,13-,14-,22-,24-/m1/s1. The molecule has 0 aromatic heterocycles. The van der Waals surface area contributed by atoms with Gasteiger partial charge in [0.1, 0.15) is 23.4 Å². The van der Waals surface area contributed by atoms with E-state index < -0.39 is 11.9 Å². The van der Waals surface area contributed by atoms with Crippen molar-refractivity contribution in [2.75, 3.05) is 7.11 Å². The van der Waals surface area contributed by atoms with E-state index in [1.165, 1.54) is 7.11 Å². The third kappa shape index (κ3) is 2.17. The van der Waals surface area contributed by atoms with Gasteiger partial charge < -0.3 is 24.1 Å². The van der Waals surface area contributed by atoms with Gasteiger partial charge in [-0.25, -0.2) is 0 Å². The summed E-state index contributed by atoms with van der Waals surface area (Å²) >= 11 is 0. The van der Waals surface area contributed by atoms with Crippen molar-refractivity contribution in [3.05, 3.63) is 45.2 Å². The Bertz CT molecular complexity index is 1050. The summed E-state index contributed by atoms with van der Waals surface area (Å²) in [4.78, 5) is 13.9. The zero-order valence-electron chi connectivity index (χ0n) is 18.5. The van der Waals surface area contributed by atoms with Crippen LogP contribution in [0.5, 0.6) is 11.5 Å². The summed E-state index contributed by atoms with van der Waals surface area (Å²) < 4.78 is 24.7. The predicted molar refractivity (Wildman–Crippen MR) is 109 cm³/mol. The molecular weight excluding hydrogens is 384 g/mol. The van der Waals surface area contributed by atoms with Crippen LogP contribution in [-0.2, 0) is 19.0 Å². The van der Waals surface area contributed by atoms with Crippen molar-refractivity contribution in [1.82, 2.24) is 0 Å². The van der Waals surface area contributed by atoms with E-state index in [1.807, 2.05) is 34.6 Å². The van der Waals surface area contributed by atoms with E-state index in [4.69, 9.17) is 18.9 Å². The molecule has 3 aliphatic heterocycles. The van der Waals surface area contributed by atoms with Gasteiger partial charge in [0.25, 0.3) is 5.79 Å². The molecule has 0 saturated carbocycles. The molecular formula is C24H28O6. The van der Waals surface area contributed by atoms with Crippen LogP contribution in [0.1, 0.15) is 63.3 Å². The van der Waals surface area contributed by atoms with Gasteiger partial charge in [-0.05, 0) is 44.4 Å². The van der Waals surface area contributed by atoms with E-state index in [0.29, 0.717) is 17.1 Å². The first-order chi connectivity index (χ1) is 14.1. The molecule has 3 heterocycles. The molecule has 0 radical (unpaired) electrons. The SMILES string of the molecule is CO[C@@]12O[C@H](C)[C@@H](C)C1=C(C)C1=C(C2=O)[C@@H]2O[C@H](C)[C@@H](C)c3c(C)c(O)cc(c32)O1. The molecule has 160 valence electrons. The molecule has 6 nitrogen and oxygen atoms in total. The summed E-state index contributed by atoms with van der Waals surface area (Å²) in [5.74, 6) is -0.402. The van der Waals surface area contributed by atoms with E-state index in [9.17, 15) is 9.90 Å². The highest BCUT2D eigenvalue weighted by Crippen LogP contribution is 2.58. The molecule has 5 rings (SSSR count). The van der Waals surface area contributed by atoms with Crippen molar-refractivity contribution < 1.29 is 28.8 Å². The lowest BCUT2D eigenvalue weighted by Gasteiger charge is -2.44. The number of Topliss-reactive ketones (excluding diaryl/α,β-unsaturated/α-hetero) is 1. The first-order valence-corrected chi connectivity index (χ1v) is 10.6. The number of rotatable bonds is 1. The average Bonchev–Trinajstić information content (AvgIpc) is 2.97. The number of phenols is 1. The zero-order valence-corrected chi connectivity index (χ0v) is 18.5. The molecule has 0 spiro atoms. The second-order valence-corrected chi connectivity index (χ2v) is 9.00. The summed E-state index contributed by atoms with van der Waals surface area (Å²) in [7, 11) is 1.51. The molecule has 1 saturated heterocycles. The summed E-state index contributed by atoms with van der Waals surface area (Å²) in [6, 6.07) is 1.63. The molecule has 30 heavy (non-hydrogen) atoms. The highest BCUT2D eigenvalue weighted by atomic mass is 16.7. The number of hydrogen-bond acceptors (Lipinski definition) is 6. The predicted octanol–water partition coefficient (Wildman–Crippen LogP) is 4.21. The quantitative estimate of drug-likeness (QED) is 0.745. The van der Waals surface area contributed by atoms with Crippen LogP contribution in [0.4, 0.5) is 0 Å². The van der Waals surface area contributed by atoms with Gasteiger partial charge in [-0.3, -0.25) is 4.79 Å². The van der Waals surface area contributed by atoms with Crippen molar-refractivity contribution in [2.24, 2.45) is 5.92 Å². The topological polar surface area (TPSA) is 74.2 Å². The van der Waals surface area contributed by atoms with Gasteiger partial charge in [0, 0.05) is 36.1 Å². The van der Waals surface area contributed by atoms with E-state index in [1.54, 1.807) is 6.07 Å². The van der Waals surface area contributed by atoms with E-state index in [0.717, 1.165) is 27.8 Å². The summed E-state index contributed by atoms with van der Waals surface area (Å²) in [6.07, 6.45) is -0.896. The van der Waals surface area contributed by atoms with Crippen molar-refractivity contribution in [3.63, 3.8) is 0 Å². The molecule has 0 unspecified atom stereocenters. The van der Waals surface area contributed by atoms with E-state index >= 15 is 0 Å². The van der Waals surface area contributed by atoms with Crippen LogP contribution < -0.4 is 4.74 Å². The van der Waals surface area contributed by atoms with Gasteiger partial charge in [-0.15, -0.1) is 0 Å². The summed E-state index contributed by atoms with van der Waals surface area (Å²) in [5, 5.41) is 10.6. The third-order valence-electron chi connectivity index (χ3n) is 7.54. The number of aromatic hydroxyl groups is 1. The zero-order chi connectivity index (χ0) is 21.7. The summed E-state index contributed by atoms with van der Waals surface area (Å²) in [6.45, 7) is 11.9. The fourth-order valence-corrected chi connectivity index (χ4v) is 5.63. The Kier molecular flexibility index (Phi) is 4.08. The van der Waals surface area contributed by atoms with Crippen molar-refractivity contribution in [1.29, 1.82) is 0 Å². The lowest BCUT2D eigenvalue weighted by Crippen LogP contribution is -2.49. The summed E-state index contributed by atoms with van der Waals surface area (Å²) in [5.41, 5.74) is 4.69. The number of carbonyl (C=O) groups is 1.